The van der Waals surface area contributed by atoms with E-state index < -0.39 is 6.36 Å². The topological polar surface area (TPSA) is 57.3 Å². The van der Waals surface area contributed by atoms with Crippen LogP contribution in [0, 0.1) is 0 Å². The second-order valence-corrected chi connectivity index (χ2v) is 8.88. The zero-order valence-electron chi connectivity index (χ0n) is 19.6. The van der Waals surface area contributed by atoms with Gasteiger partial charge in [0.05, 0.1) is 19.8 Å². The number of ether oxygens (including phenoxy) is 2. The molecule has 1 N–H and O–H groups in total. The fourth-order valence-electron chi connectivity index (χ4n) is 4.27. The highest BCUT2D eigenvalue weighted by atomic mass is 19.4. The number of hydrogen-bond acceptors (Lipinski definition) is 6. The van der Waals surface area contributed by atoms with Crippen LogP contribution in [-0.4, -0.2) is 86.0 Å². The largest absolute Gasteiger partial charge is 0.573 e. The highest BCUT2D eigenvalue weighted by molar-refractivity contribution is 5.92. The summed E-state index contributed by atoms with van der Waals surface area (Å²) in [4.78, 5) is 19.2. The maximum Gasteiger partial charge on any atom is 0.573 e. The summed E-state index contributed by atoms with van der Waals surface area (Å²) < 4.78 is 46.2. The van der Waals surface area contributed by atoms with Crippen molar-refractivity contribution in [3.05, 3.63) is 59.7 Å². The number of rotatable bonds is 8. The molecule has 2 heterocycles. The number of alkyl halides is 3. The minimum atomic E-state index is -4.68. The second kappa shape index (κ2) is 11.9. The van der Waals surface area contributed by atoms with Crippen LogP contribution in [0.1, 0.15) is 11.1 Å². The molecular formula is C25H31F3N4O3. The standard InChI is InChI=1S/C25H31F3N4O3/c26-25(27,28)35-23-7-3-21(4-8-23)17-30-9-11-31(12-10-30)19-24(33)29-22-5-1-20(2-6-22)18-32-13-15-34-16-14-32/h1-8H,9-19H2,(H,29,33). The normalized spacial score (nSPS) is 18.4. The van der Waals surface area contributed by atoms with Crippen molar-refractivity contribution < 1.29 is 27.4 Å². The molecule has 0 spiro atoms. The highest BCUT2D eigenvalue weighted by Crippen LogP contribution is 2.23. The Hall–Kier alpha value is -2.66. The summed E-state index contributed by atoms with van der Waals surface area (Å²) in [5.41, 5.74) is 2.92. The Morgan fingerprint density at radius 1 is 0.800 bits per heavy atom. The molecule has 0 atom stereocenters. The third-order valence-corrected chi connectivity index (χ3v) is 6.14. The lowest BCUT2D eigenvalue weighted by Gasteiger charge is -2.34. The molecule has 0 saturated carbocycles. The number of hydrogen-bond donors (Lipinski definition) is 1. The molecule has 35 heavy (non-hydrogen) atoms. The lowest BCUT2D eigenvalue weighted by atomic mass is 10.2. The van der Waals surface area contributed by atoms with Crippen LogP contribution >= 0.6 is 0 Å². The van der Waals surface area contributed by atoms with E-state index in [1.54, 1.807) is 12.1 Å². The SMILES string of the molecule is O=C(CN1CCN(Cc2ccc(OC(F)(F)F)cc2)CC1)Nc1ccc(CN2CCOCC2)cc1. The third kappa shape index (κ3) is 8.50. The van der Waals surface area contributed by atoms with Crippen molar-refractivity contribution in [3.63, 3.8) is 0 Å². The first-order valence-electron chi connectivity index (χ1n) is 11.8. The molecule has 0 radical (unpaired) electrons. The van der Waals surface area contributed by atoms with Crippen molar-refractivity contribution >= 4 is 11.6 Å². The summed E-state index contributed by atoms with van der Waals surface area (Å²) in [7, 11) is 0. The Balaban J connectivity index is 1.16. The van der Waals surface area contributed by atoms with Gasteiger partial charge in [-0.3, -0.25) is 19.5 Å². The smallest absolute Gasteiger partial charge is 0.406 e. The van der Waals surface area contributed by atoms with Crippen molar-refractivity contribution in [2.75, 3.05) is 64.3 Å². The van der Waals surface area contributed by atoms with Crippen LogP contribution in [0.5, 0.6) is 5.75 Å². The molecule has 10 heteroatoms. The summed E-state index contributed by atoms with van der Waals surface area (Å²) in [5.74, 6) is -0.261. The van der Waals surface area contributed by atoms with E-state index >= 15 is 0 Å². The van der Waals surface area contributed by atoms with E-state index in [0.29, 0.717) is 13.1 Å². The number of benzene rings is 2. The lowest BCUT2D eigenvalue weighted by molar-refractivity contribution is -0.274. The van der Waals surface area contributed by atoms with E-state index in [9.17, 15) is 18.0 Å². The van der Waals surface area contributed by atoms with Gasteiger partial charge in [-0.15, -0.1) is 13.2 Å². The Morgan fingerprint density at radius 3 is 1.89 bits per heavy atom. The molecule has 0 aromatic heterocycles. The van der Waals surface area contributed by atoms with Gasteiger partial charge < -0.3 is 14.8 Å². The first-order valence-corrected chi connectivity index (χ1v) is 11.8. The molecule has 2 aliphatic heterocycles. The predicted octanol–water partition coefficient (Wildman–Crippen LogP) is 3.17. The van der Waals surface area contributed by atoms with Crippen LogP contribution in [0.25, 0.3) is 0 Å². The Bertz CT molecular complexity index is 940. The van der Waals surface area contributed by atoms with Gasteiger partial charge in [-0.2, -0.15) is 0 Å². The van der Waals surface area contributed by atoms with E-state index in [1.165, 1.54) is 17.7 Å². The fourth-order valence-corrected chi connectivity index (χ4v) is 4.27. The number of nitrogens with one attached hydrogen (secondary N) is 1. The zero-order valence-corrected chi connectivity index (χ0v) is 19.6. The third-order valence-electron chi connectivity index (χ3n) is 6.14. The van der Waals surface area contributed by atoms with Gasteiger partial charge in [-0.05, 0) is 35.4 Å². The molecule has 2 aromatic carbocycles. The fraction of sp³-hybridized carbons (Fsp3) is 0.480. The summed E-state index contributed by atoms with van der Waals surface area (Å²) in [6.45, 7) is 8.34. The molecule has 2 aromatic rings. The second-order valence-electron chi connectivity index (χ2n) is 8.88. The first-order chi connectivity index (χ1) is 16.8. The van der Waals surface area contributed by atoms with Gasteiger partial charge in [0.1, 0.15) is 5.75 Å². The molecule has 0 unspecified atom stereocenters. The van der Waals surface area contributed by atoms with Crippen molar-refractivity contribution in [2.45, 2.75) is 19.5 Å². The lowest BCUT2D eigenvalue weighted by Crippen LogP contribution is -2.48. The Kier molecular flexibility index (Phi) is 8.61. The van der Waals surface area contributed by atoms with E-state index in [1.807, 2.05) is 24.3 Å². The van der Waals surface area contributed by atoms with Gasteiger partial charge >= 0.3 is 6.36 Å². The van der Waals surface area contributed by atoms with Crippen molar-refractivity contribution in [1.82, 2.24) is 14.7 Å². The van der Waals surface area contributed by atoms with Gasteiger partial charge in [-0.25, -0.2) is 0 Å². The van der Waals surface area contributed by atoms with Crippen LogP contribution in [0.15, 0.2) is 48.5 Å². The molecular weight excluding hydrogens is 461 g/mol. The van der Waals surface area contributed by atoms with Crippen LogP contribution in [0.4, 0.5) is 18.9 Å². The van der Waals surface area contributed by atoms with Gasteiger partial charge in [0.25, 0.3) is 0 Å². The average molecular weight is 493 g/mol. The number of piperazine rings is 1. The van der Waals surface area contributed by atoms with Crippen LogP contribution in [-0.2, 0) is 22.6 Å². The average Bonchev–Trinajstić information content (AvgIpc) is 2.83. The molecule has 2 fully saturated rings. The van der Waals surface area contributed by atoms with Gasteiger partial charge in [-0.1, -0.05) is 24.3 Å². The molecule has 2 saturated heterocycles. The molecule has 7 nitrogen and oxygen atoms in total. The number of amides is 1. The van der Waals surface area contributed by atoms with Gasteiger partial charge in [0.2, 0.25) is 5.91 Å². The minimum Gasteiger partial charge on any atom is -0.406 e. The Labute approximate surface area is 203 Å². The number of halogens is 3. The van der Waals surface area contributed by atoms with E-state index in [4.69, 9.17) is 4.74 Å². The summed E-state index contributed by atoms with van der Waals surface area (Å²) in [5, 5.41) is 2.97. The number of morpholine rings is 1. The van der Waals surface area contributed by atoms with Crippen LogP contribution < -0.4 is 10.1 Å². The molecule has 0 aliphatic carbocycles. The summed E-state index contributed by atoms with van der Waals surface area (Å²) in [6, 6.07) is 13.9. The van der Waals surface area contributed by atoms with Crippen molar-refractivity contribution in [1.29, 1.82) is 0 Å². The van der Waals surface area contributed by atoms with Gasteiger partial charge in [0.15, 0.2) is 0 Å². The van der Waals surface area contributed by atoms with E-state index in [2.05, 4.69) is 24.8 Å². The summed E-state index contributed by atoms with van der Waals surface area (Å²) in [6.07, 6.45) is -4.68. The number of anilines is 1. The molecule has 4 rings (SSSR count). The number of carbonyl (C=O) groups excluding carboxylic acids is 1. The van der Waals surface area contributed by atoms with Gasteiger partial charge in [0, 0.05) is 58.0 Å². The maximum atomic E-state index is 12.5. The van der Waals surface area contributed by atoms with E-state index in [-0.39, 0.29) is 11.7 Å². The molecule has 2 aliphatic rings. The van der Waals surface area contributed by atoms with Crippen LogP contribution in [0.3, 0.4) is 0 Å². The Morgan fingerprint density at radius 2 is 1.31 bits per heavy atom. The number of nitrogens with zero attached hydrogens (tertiary/aromatic N) is 3. The number of carbonyl (C=O) groups is 1. The summed E-state index contributed by atoms with van der Waals surface area (Å²) >= 11 is 0. The molecule has 0 bridgehead atoms. The quantitative estimate of drug-likeness (QED) is 0.611. The predicted molar refractivity (Wildman–Crippen MR) is 126 cm³/mol. The highest BCUT2D eigenvalue weighted by Gasteiger charge is 2.31. The zero-order chi connectivity index (χ0) is 24.7. The monoisotopic (exact) mass is 492 g/mol. The van der Waals surface area contributed by atoms with Crippen molar-refractivity contribution in [3.8, 4) is 5.75 Å². The minimum absolute atomic E-state index is 0.0420. The van der Waals surface area contributed by atoms with Crippen molar-refractivity contribution in [2.24, 2.45) is 0 Å². The first kappa shape index (κ1) is 25.4. The van der Waals surface area contributed by atoms with Crippen LogP contribution in [0.2, 0.25) is 0 Å². The molecule has 190 valence electrons. The maximum absolute atomic E-state index is 12.5. The molecule has 1 amide bonds. The van der Waals surface area contributed by atoms with E-state index in [0.717, 1.165) is 70.3 Å².